The van der Waals surface area contributed by atoms with E-state index in [2.05, 4.69) is 37.2 Å². The number of hydrogen-bond acceptors (Lipinski definition) is 2. The largest absolute Gasteiger partial charge is 0.488 e. The van der Waals surface area contributed by atoms with Crippen LogP contribution in [0.2, 0.25) is 0 Å². The molecule has 110 valence electrons. The predicted molar refractivity (Wildman–Crippen MR) is 84.8 cm³/mol. The summed E-state index contributed by atoms with van der Waals surface area (Å²) in [6.45, 7) is 0.335. The summed E-state index contributed by atoms with van der Waals surface area (Å²) in [6.07, 6.45) is 0.568. The van der Waals surface area contributed by atoms with Crippen LogP contribution in [0.4, 0.5) is 14.5 Å². The Labute approximate surface area is 137 Å². The van der Waals surface area contributed by atoms with Crippen molar-refractivity contribution in [3.63, 3.8) is 0 Å². The predicted octanol–water partition coefficient (Wildman–Crippen LogP) is 4.91. The van der Waals surface area contributed by atoms with Crippen LogP contribution in [-0.2, 0) is 6.42 Å². The lowest BCUT2D eigenvalue weighted by atomic mass is 10.1. The SMILES string of the molecule is Fc1cc(Br)cc(F)c1NCC1Cc2cc(Br)ccc2O1. The molecule has 1 unspecified atom stereocenters. The van der Waals surface area contributed by atoms with Crippen molar-refractivity contribution in [2.45, 2.75) is 12.5 Å². The molecule has 0 aromatic heterocycles. The Balaban J connectivity index is 1.68. The van der Waals surface area contributed by atoms with Crippen molar-refractivity contribution < 1.29 is 13.5 Å². The van der Waals surface area contributed by atoms with Gasteiger partial charge >= 0.3 is 0 Å². The van der Waals surface area contributed by atoms with Gasteiger partial charge in [-0.25, -0.2) is 8.78 Å². The number of anilines is 1. The summed E-state index contributed by atoms with van der Waals surface area (Å²) < 4.78 is 34.6. The fourth-order valence-corrected chi connectivity index (χ4v) is 3.14. The zero-order valence-electron chi connectivity index (χ0n) is 10.8. The van der Waals surface area contributed by atoms with E-state index < -0.39 is 11.6 Å². The van der Waals surface area contributed by atoms with Crippen LogP contribution in [0.5, 0.6) is 5.75 Å². The molecule has 0 spiro atoms. The number of hydrogen-bond donors (Lipinski definition) is 1. The molecule has 0 radical (unpaired) electrons. The van der Waals surface area contributed by atoms with Crippen molar-refractivity contribution in [1.82, 2.24) is 0 Å². The molecular formula is C15H11Br2F2NO. The highest BCUT2D eigenvalue weighted by Gasteiger charge is 2.23. The number of halogens is 4. The van der Waals surface area contributed by atoms with Crippen LogP contribution in [0.25, 0.3) is 0 Å². The Morgan fingerprint density at radius 2 is 1.81 bits per heavy atom. The number of fused-ring (bicyclic) bond motifs is 1. The van der Waals surface area contributed by atoms with Crippen LogP contribution >= 0.6 is 31.9 Å². The Morgan fingerprint density at radius 1 is 1.10 bits per heavy atom. The maximum atomic E-state index is 13.7. The molecule has 0 amide bonds. The van der Waals surface area contributed by atoms with E-state index in [0.717, 1.165) is 15.8 Å². The first-order valence-corrected chi connectivity index (χ1v) is 7.95. The first kappa shape index (κ1) is 14.8. The summed E-state index contributed by atoms with van der Waals surface area (Å²) in [5.74, 6) is -0.429. The second kappa shape index (κ2) is 5.93. The summed E-state index contributed by atoms with van der Waals surface area (Å²) in [4.78, 5) is 0. The molecule has 2 aromatic carbocycles. The quantitative estimate of drug-likeness (QED) is 0.764. The van der Waals surface area contributed by atoms with E-state index in [0.29, 0.717) is 17.4 Å². The van der Waals surface area contributed by atoms with Gasteiger partial charge < -0.3 is 10.1 Å². The fourth-order valence-electron chi connectivity index (χ4n) is 2.33. The molecule has 1 N–H and O–H groups in total. The van der Waals surface area contributed by atoms with E-state index in [-0.39, 0.29) is 11.8 Å². The van der Waals surface area contributed by atoms with Gasteiger partial charge in [0.2, 0.25) is 0 Å². The van der Waals surface area contributed by atoms with Crippen LogP contribution in [0, 0.1) is 11.6 Å². The van der Waals surface area contributed by atoms with Crippen LogP contribution in [0.15, 0.2) is 39.3 Å². The molecule has 1 heterocycles. The molecule has 0 fully saturated rings. The van der Waals surface area contributed by atoms with Crippen LogP contribution < -0.4 is 10.1 Å². The molecular weight excluding hydrogens is 408 g/mol. The van der Waals surface area contributed by atoms with Gasteiger partial charge in [-0.3, -0.25) is 0 Å². The smallest absolute Gasteiger partial charge is 0.150 e. The summed E-state index contributed by atoms with van der Waals surface area (Å²) in [6, 6.07) is 8.25. The van der Waals surface area contributed by atoms with Crippen LogP contribution in [-0.4, -0.2) is 12.6 Å². The third-order valence-corrected chi connectivity index (χ3v) is 4.23. The van der Waals surface area contributed by atoms with E-state index in [4.69, 9.17) is 4.74 Å². The minimum Gasteiger partial charge on any atom is -0.488 e. The molecule has 3 rings (SSSR count). The van der Waals surface area contributed by atoms with Gasteiger partial charge in [-0.2, -0.15) is 0 Å². The van der Waals surface area contributed by atoms with Crippen molar-refractivity contribution in [1.29, 1.82) is 0 Å². The minimum atomic E-state index is -0.625. The Hall–Kier alpha value is -1.14. The minimum absolute atomic E-state index is 0.126. The van der Waals surface area contributed by atoms with Gasteiger partial charge in [0.1, 0.15) is 29.2 Å². The molecule has 2 aromatic rings. The number of nitrogens with one attached hydrogen (secondary N) is 1. The average Bonchev–Trinajstić information content (AvgIpc) is 2.79. The highest BCUT2D eigenvalue weighted by atomic mass is 79.9. The molecule has 0 saturated heterocycles. The molecule has 0 saturated carbocycles. The van der Waals surface area contributed by atoms with Crippen molar-refractivity contribution in [3.05, 3.63) is 56.5 Å². The normalized spacial score (nSPS) is 16.5. The average molecular weight is 419 g/mol. The first-order valence-electron chi connectivity index (χ1n) is 6.36. The number of benzene rings is 2. The molecule has 1 aliphatic rings. The molecule has 0 aliphatic carbocycles. The molecule has 6 heteroatoms. The maximum Gasteiger partial charge on any atom is 0.150 e. The second-order valence-electron chi connectivity index (χ2n) is 4.82. The summed E-state index contributed by atoms with van der Waals surface area (Å²) in [5, 5.41) is 2.79. The third kappa shape index (κ3) is 3.21. The van der Waals surface area contributed by atoms with Crippen molar-refractivity contribution >= 4 is 37.5 Å². The lowest BCUT2D eigenvalue weighted by Crippen LogP contribution is -2.24. The van der Waals surface area contributed by atoms with Crippen LogP contribution in [0.1, 0.15) is 5.56 Å². The number of rotatable bonds is 3. The molecule has 2 nitrogen and oxygen atoms in total. The number of ether oxygens (including phenoxy) is 1. The Kier molecular flexibility index (Phi) is 4.17. The standard InChI is InChI=1S/C15H11Br2F2NO/c16-9-1-2-14-8(3-9)4-11(21-14)7-20-15-12(18)5-10(17)6-13(15)19/h1-3,5-6,11,20H,4,7H2. The summed E-state index contributed by atoms with van der Waals surface area (Å²) in [7, 11) is 0. The highest BCUT2D eigenvalue weighted by molar-refractivity contribution is 9.10. The van der Waals surface area contributed by atoms with E-state index >= 15 is 0 Å². The van der Waals surface area contributed by atoms with Gasteiger partial charge in [0, 0.05) is 15.4 Å². The third-order valence-electron chi connectivity index (χ3n) is 3.28. The highest BCUT2D eigenvalue weighted by Crippen LogP contribution is 2.31. The van der Waals surface area contributed by atoms with Crippen molar-refractivity contribution in [3.8, 4) is 5.75 Å². The van der Waals surface area contributed by atoms with Gasteiger partial charge in [0.15, 0.2) is 0 Å². The zero-order valence-corrected chi connectivity index (χ0v) is 14.0. The second-order valence-corrected chi connectivity index (χ2v) is 6.65. The summed E-state index contributed by atoms with van der Waals surface area (Å²) >= 11 is 6.47. The molecule has 1 aliphatic heterocycles. The zero-order chi connectivity index (χ0) is 15.0. The lowest BCUT2D eigenvalue weighted by Gasteiger charge is -2.14. The van der Waals surface area contributed by atoms with Crippen molar-refractivity contribution in [2.24, 2.45) is 0 Å². The van der Waals surface area contributed by atoms with Crippen LogP contribution in [0.3, 0.4) is 0 Å². The maximum absolute atomic E-state index is 13.7. The van der Waals surface area contributed by atoms with E-state index in [1.807, 2.05) is 18.2 Å². The topological polar surface area (TPSA) is 21.3 Å². The van der Waals surface area contributed by atoms with E-state index in [1.165, 1.54) is 12.1 Å². The molecule has 0 bridgehead atoms. The monoisotopic (exact) mass is 417 g/mol. The van der Waals surface area contributed by atoms with E-state index in [9.17, 15) is 8.78 Å². The van der Waals surface area contributed by atoms with Gasteiger partial charge in [-0.15, -0.1) is 0 Å². The Morgan fingerprint density at radius 3 is 2.52 bits per heavy atom. The fraction of sp³-hybridized carbons (Fsp3) is 0.200. The first-order chi connectivity index (χ1) is 10.0. The van der Waals surface area contributed by atoms with Gasteiger partial charge in [0.05, 0.1) is 6.54 Å². The van der Waals surface area contributed by atoms with E-state index in [1.54, 1.807) is 0 Å². The lowest BCUT2D eigenvalue weighted by molar-refractivity contribution is 0.246. The van der Waals surface area contributed by atoms with Gasteiger partial charge in [-0.05, 0) is 35.9 Å². The Bertz CT molecular complexity index is 670. The van der Waals surface area contributed by atoms with Gasteiger partial charge in [0.25, 0.3) is 0 Å². The molecule has 1 atom stereocenters. The molecule has 21 heavy (non-hydrogen) atoms. The summed E-state index contributed by atoms with van der Waals surface area (Å²) in [5.41, 5.74) is 0.965. The van der Waals surface area contributed by atoms with Gasteiger partial charge in [-0.1, -0.05) is 31.9 Å². The van der Waals surface area contributed by atoms with Crippen molar-refractivity contribution in [2.75, 3.05) is 11.9 Å².